The van der Waals surface area contributed by atoms with Crippen molar-refractivity contribution in [3.05, 3.63) is 87.5 Å². The lowest BCUT2D eigenvalue weighted by Gasteiger charge is -2.09. The van der Waals surface area contributed by atoms with Gasteiger partial charge in [-0.25, -0.2) is 13.9 Å². The van der Waals surface area contributed by atoms with Gasteiger partial charge in [-0.1, -0.05) is 40.2 Å². The van der Waals surface area contributed by atoms with Gasteiger partial charge in [0.15, 0.2) is 5.65 Å². The normalized spacial score (nSPS) is 11.0. The van der Waals surface area contributed by atoms with E-state index in [1.54, 1.807) is 22.8 Å². The Balaban J connectivity index is 1.66. The highest BCUT2D eigenvalue weighted by molar-refractivity contribution is 9.10. The Morgan fingerprint density at radius 2 is 1.93 bits per heavy atom. The molecule has 0 bridgehead atoms. The quantitative estimate of drug-likeness (QED) is 0.481. The van der Waals surface area contributed by atoms with E-state index in [1.165, 1.54) is 12.1 Å². The van der Waals surface area contributed by atoms with Crippen molar-refractivity contribution in [3.8, 4) is 11.1 Å². The number of hydrogen-bond donors (Lipinski definition) is 1. The number of fused-ring (bicyclic) bond motifs is 1. The first kappa shape index (κ1) is 19.3. The van der Waals surface area contributed by atoms with Crippen molar-refractivity contribution in [3.63, 3.8) is 0 Å². The molecule has 0 fully saturated rings. The Kier molecular flexibility index (Phi) is 5.15. The van der Waals surface area contributed by atoms with Gasteiger partial charge in [-0.15, -0.1) is 0 Å². The summed E-state index contributed by atoms with van der Waals surface area (Å²) in [7, 11) is 0. The molecule has 0 unspecified atom stereocenters. The summed E-state index contributed by atoms with van der Waals surface area (Å²) in [5, 5.41) is 7.48. The van der Waals surface area contributed by atoms with E-state index in [9.17, 15) is 9.18 Å². The summed E-state index contributed by atoms with van der Waals surface area (Å²) in [6.07, 6.45) is 1.56. The Hall–Kier alpha value is -3.06. The largest absolute Gasteiger partial charge is 0.348 e. The second-order valence-electron chi connectivity index (χ2n) is 6.77. The molecule has 0 aliphatic rings. The van der Waals surface area contributed by atoms with Crippen molar-refractivity contribution in [1.82, 2.24) is 19.9 Å². The third-order valence-corrected chi connectivity index (χ3v) is 5.27. The molecule has 146 valence electrons. The Morgan fingerprint density at radius 1 is 1.17 bits per heavy atom. The first-order valence-corrected chi connectivity index (χ1v) is 9.87. The van der Waals surface area contributed by atoms with Gasteiger partial charge in [0.2, 0.25) is 0 Å². The highest BCUT2D eigenvalue weighted by Gasteiger charge is 2.18. The lowest BCUT2D eigenvalue weighted by atomic mass is 10.1. The second kappa shape index (κ2) is 7.75. The fourth-order valence-electron chi connectivity index (χ4n) is 3.30. The van der Waals surface area contributed by atoms with Crippen LogP contribution in [-0.2, 0) is 6.54 Å². The molecule has 1 amide bonds. The molecule has 0 aliphatic carbocycles. The van der Waals surface area contributed by atoms with Gasteiger partial charge in [0, 0.05) is 22.8 Å². The Morgan fingerprint density at radius 3 is 2.66 bits per heavy atom. The van der Waals surface area contributed by atoms with Gasteiger partial charge >= 0.3 is 0 Å². The summed E-state index contributed by atoms with van der Waals surface area (Å²) in [4.78, 5) is 17.2. The van der Waals surface area contributed by atoms with Crippen molar-refractivity contribution < 1.29 is 9.18 Å². The molecule has 1 N–H and O–H groups in total. The van der Waals surface area contributed by atoms with Gasteiger partial charge in [-0.3, -0.25) is 4.79 Å². The summed E-state index contributed by atoms with van der Waals surface area (Å²) in [5.41, 5.74) is 5.20. The molecule has 7 heteroatoms. The molecule has 0 saturated heterocycles. The summed E-state index contributed by atoms with van der Waals surface area (Å²) in [5.74, 6) is -0.509. The number of hydrogen-bond acceptors (Lipinski definition) is 3. The van der Waals surface area contributed by atoms with Crippen LogP contribution in [-0.4, -0.2) is 20.5 Å². The van der Waals surface area contributed by atoms with Gasteiger partial charge < -0.3 is 5.32 Å². The van der Waals surface area contributed by atoms with Crippen LogP contribution in [0.4, 0.5) is 4.39 Å². The van der Waals surface area contributed by atoms with E-state index in [0.717, 1.165) is 26.9 Å². The van der Waals surface area contributed by atoms with E-state index in [-0.39, 0.29) is 11.7 Å². The Labute approximate surface area is 175 Å². The topological polar surface area (TPSA) is 59.3 Å². The number of carbonyl (C=O) groups excluding carboxylic acids is 1. The smallest absolute Gasteiger partial charge is 0.254 e. The third kappa shape index (κ3) is 3.78. The summed E-state index contributed by atoms with van der Waals surface area (Å²) in [6.45, 7) is 4.12. The van der Waals surface area contributed by atoms with Crippen LogP contribution < -0.4 is 5.32 Å². The number of amides is 1. The van der Waals surface area contributed by atoms with Gasteiger partial charge in [-0.05, 0) is 49.2 Å². The number of halogens is 2. The minimum absolute atomic E-state index is 0.214. The number of aryl methyl sites for hydroxylation is 2. The monoisotopic (exact) mass is 452 g/mol. The van der Waals surface area contributed by atoms with Gasteiger partial charge in [0.25, 0.3) is 5.91 Å². The predicted octanol–water partition coefficient (Wildman–Crippen LogP) is 4.84. The van der Waals surface area contributed by atoms with Crippen LogP contribution in [0.1, 0.15) is 27.3 Å². The molecular weight excluding hydrogens is 435 g/mol. The Bertz CT molecular complexity index is 1220. The molecule has 5 nitrogen and oxygen atoms in total. The summed E-state index contributed by atoms with van der Waals surface area (Å²) < 4.78 is 15.9. The molecule has 0 aliphatic heterocycles. The highest BCUT2D eigenvalue weighted by atomic mass is 79.9. The van der Waals surface area contributed by atoms with Crippen molar-refractivity contribution in [1.29, 1.82) is 0 Å². The average molecular weight is 453 g/mol. The summed E-state index contributed by atoms with van der Waals surface area (Å²) >= 11 is 3.43. The van der Waals surface area contributed by atoms with Crippen LogP contribution in [0.15, 0.2) is 59.2 Å². The standard InChI is InChI=1S/C22H18BrFN4O/c1-13-20(16-6-8-18(24)9-7-16)21-25-12-19(14(2)28(21)27-13)22(29)26-11-15-4-3-5-17(23)10-15/h3-10,12H,11H2,1-2H3,(H,26,29). The molecule has 0 spiro atoms. The van der Waals surface area contributed by atoms with Crippen LogP contribution in [0.2, 0.25) is 0 Å². The van der Waals surface area contributed by atoms with Gasteiger partial charge in [0.1, 0.15) is 5.82 Å². The first-order chi connectivity index (χ1) is 13.9. The number of benzene rings is 2. The van der Waals surface area contributed by atoms with Crippen LogP contribution >= 0.6 is 15.9 Å². The zero-order valence-corrected chi connectivity index (χ0v) is 17.5. The van der Waals surface area contributed by atoms with Crippen LogP contribution in [0.5, 0.6) is 0 Å². The molecule has 29 heavy (non-hydrogen) atoms. The SMILES string of the molecule is Cc1nn2c(C)c(C(=O)NCc3cccc(Br)c3)cnc2c1-c1ccc(F)cc1. The first-order valence-electron chi connectivity index (χ1n) is 9.07. The molecule has 4 rings (SSSR count). The second-order valence-corrected chi connectivity index (χ2v) is 7.69. The van der Waals surface area contributed by atoms with Crippen molar-refractivity contribution in [2.75, 3.05) is 0 Å². The highest BCUT2D eigenvalue weighted by Crippen LogP contribution is 2.28. The fraction of sp³-hybridized carbons (Fsp3) is 0.136. The van der Waals surface area contributed by atoms with E-state index in [2.05, 4.69) is 31.3 Å². The van der Waals surface area contributed by atoms with Crippen molar-refractivity contribution in [2.24, 2.45) is 0 Å². The van der Waals surface area contributed by atoms with Crippen LogP contribution in [0, 0.1) is 19.7 Å². The maximum atomic E-state index is 13.3. The minimum Gasteiger partial charge on any atom is -0.348 e. The minimum atomic E-state index is -0.295. The number of aromatic nitrogens is 3. The molecule has 0 saturated carbocycles. The molecule has 0 atom stereocenters. The number of nitrogens with one attached hydrogen (secondary N) is 1. The van der Waals surface area contributed by atoms with E-state index in [1.807, 2.05) is 38.1 Å². The number of carbonyl (C=O) groups is 1. The lowest BCUT2D eigenvalue weighted by molar-refractivity contribution is 0.0949. The van der Waals surface area contributed by atoms with Crippen LogP contribution in [0.25, 0.3) is 16.8 Å². The zero-order valence-electron chi connectivity index (χ0n) is 15.9. The average Bonchev–Trinajstić information content (AvgIpc) is 3.04. The maximum Gasteiger partial charge on any atom is 0.254 e. The molecule has 2 heterocycles. The molecule has 4 aromatic rings. The predicted molar refractivity (Wildman–Crippen MR) is 113 cm³/mol. The summed E-state index contributed by atoms with van der Waals surface area (Å²) in [6, 6.07) is 14.0. The molecular formula is C22H18BrFN4O. The van der Waals surface area contributed by atoms with Crippen LogP contribution in [0.3, 0.4) is 0 Å². The number of nitrogens with zero attached hydrogens (tertiary/aromatic N) is 3. The third-order valence-electron chi connectivity index (χ3n) is 4.78. The van der Waals surface area contributed by atoms with E-state index < -0.39 is 0 Å². The molecule has 2 aromatic heterocycles. The van der Waals surface area contributed by atoms with Crippen molar-refractivity contribution >= 4 is 27.5 Å². The fourth-order valence-corrected chi connectivity index (χ4v) is 3.75. The zero-order chi connectivity index (χ0) is 20.5. The van der Waals surface area contributed by atoms with Gasteiger partial charge in [0.05, 0.1) is 17.0 Å². The van der Waals surface area contributed by atoms with Crippen molar-refractivity contribution in [2.45, 2.75) is 20.4 Å². The molecule has 2 aromatic carbocycles. The molecule has 0 radical (unpaired) electrons. The lowest BCUT2D eigenvalue weighted by Crippen LogP contribution is -2.24. The van der Waals surface area contributed by atoms with Gasteiger partial charge in [-0.2, -0.15) is 5.10 Å². The number of rotatable bonds is 4. The van der Waals surface area contributed by atoms with E-state index >= 15 is 0 Å². The maximum absolute atomic E-state index is 13.3. The van der Waals surface area contributed by atoms with E-state index in [0.29, 0.717) is 23.4 Å². The van der Waals surface area contributed by atoms with E-state index in [4.69, 9.17) is 0 Å².